The summed E-state index contributed by atoms with van der Waals surface area (Å²) in [6.07, 6.45) is 0. The first-order chi connectivity index (χ1) is 11.2. The summed E-state index contributed by atoms with van der Waals surface area (Å²) in [5, 5.41) is 5.81. The highest BCUT2D eigenvalue weighted by molar-refractivity contribution is 6.32. The van der Waals surface area contributed by atoms with Gasteiger partial charge in [-0.3, -0.25) is 5.32 Å². The number of carbonyl (C=O) groups is 1. The van der Waals surface area contributed by atoms with Crippen molar-refractivity contribution in [3.8, 4) is 11.5 Å². The first kappa shape index (κ1) is 15.2. The van der Waals surface area contributed by atoms with Gasteiger partial charge < -0.3 is 15.0 Å². The van der Waals surface area contributed by atoms with Gasteiger partial charge in [0, 0.05) is 12.6 Å². The lowest BCUT2D eigenvalue weighted by atomic mass is 10.3. The number of imidazole rings is 1. The quantitative estimate of drug-likeness (QED) is 0.672. The van der Waals surface area contributed by atoms with Gasteiger partial charge in [0.1, 0.15) is 11.5 Å². The second-order valence-electron chi connectivity index (χ2n) is 4.78. The van der Waals surface area contributed by atoms with E-state index in [9.17, 15) is 4.79 Å². The van der Waals surface area contributed by atoms with E-state index in [0.717, 1.165) is 11.0 Å². The molecule has 118 valence electrons. The molecular weight excluding hydrogens is 316 g/mol. The van der Waals surface area contributed by atoms with Crippen molar-refractivity contribution in [1.29, 1.82) is 0 Å². The van der Waals surface area contributed by atoms with Crippen LogP contribution in [-0.2, 0) is 0 Å². The summed E-state index contributed by atoms with van der Waals surface area (Å²) in [6.45, 7) is 2.39. The molecule has 2 amide bonds. The van der Waals surface area contributed by atoms with Gasteiger partial charge in [0.15, 0.2) is 0 Å². The molecule has 7 heteroatoms. The molecule has 0 radical (unpaired) electrons. The minimum absolute atomic E-state index is 0.306. The number of hydrogen-bond acceptors (Lipinski definition) is 3. The number of hydrogen-bond donors (Lipinski definition) is 3. The van der Waals surface area contributed by atoms with Crippen molar-refractivity contribution in [3.05, 3.63) is 47.5 Å². The number of anilines is 1. The van der Waals surface area contributed by atoms with E-state index in [4.69, 9.17) is 16.3 Å². The number of nitrogens with zero attached hydrogens (tertiary/aromatic N) is 1. The summed E-state index contributed by atoms with van der Waals surface area (Å²) in [6, 6.07) is 12.3. The third kappa shape index (κ3) is 3.54. The number of aromatic amines is 1. The van der Waals surface area contributed by atoms with Crippen LogP contribution in [0.3, 0.4) is 0 Å². The Morgan fingerprint density at radius 1 is 1.30 bits per heavy atom. The van der Waals surface area contributed by atoms with Gasteiger partial charge in [0.05, 0.1) is 16.1 Å². The normalized spacial score (nSPS) is 10.5. The minimum atomic E-state index is -0.306. The highest BCUT2D eigenvalue weighted by Gasteiger charge is 2.08. The number of urea groups is 1. The molecule has 0 aliphatic carbocycles. The SMILES string of the molecule is CCNC(=O)Nc1nc2ccc(Oc3ccccc3Cl)cc2[nH]1. The van der Waals surface area contributed by atoms with Crippen LogP contribution in [0.1, 0.15) is 6.92 Å². The van der Waals surface area contributed by atoms with Crippen LogP contribution in [0.15, 0.2) is 42.5 Å². The summed E-state index contributed by atoms with van der Waals surface area (Å²) in [5.74, 6) is 1.58. The number of amides is 2. The second-order valence-corrected chi connectivity index (χ2v) is 5.19. The van der Waals surface area contributed by atoms with Crippen LogP contribution in [-0.4, -0.2) is 22.5 Å². The summed E-state index contributed by atoms with van der Waals surface area (Å²) < 4.78 is 5.77. The van der Waals surface area contributed by atoms with Gasteiger partial charge in [-0.15, -0.1) is 0 Å². The number of benzene rings is 2. The van der Waals surface area contributed by atoms with Crippen LogP contribution < -0.4 is 15.4 Å². The Hall–Kier alpha value is -2.73. The van der Waals surface area contributed by atoms with Crippen molar-refractivity contribution in [2.45, 2.75) is 6.92 Å². The maximum Gasteiger partial charge on any atom is 0.321 e. The first-order valence-electron chi connectivity index (χ1n) is 7.12. The first-order valence-corrected chi connectivity index (χ1v) is 7.50. The number of para-hydroxylation sites is 1. The van der Waals surface area contributed by atoms with E-state index in [0.29, 0.717) is 29.0 Å². The predicted octanol–water partition coefficient (Wildman–Crippen LogP) is 4.15. The van der Waals surface area contributed by atoms with E-state index < -0.39 is 0 Å². The average molecular weight is 331 g/mol. The van der Waals surface area contributed by atoms with Crippen molar-refractivity contribution in [3.63, 3.8) is 0 Å². The van der Waals surface area contributed by atoms with E-state index in [-0.39, 0.29) is 6.03 Å². The molecule has 6 nitrogen and oxygen atoms in total. The van der Waals surface area contributed by atoms with Crippen LogP contribution in [0, 0.1) is 0 Å². The molecule has 3 rings (SSSR count). The molecular formula is C16H15ClN4O2. The Kier molecular flexibility index (Phi) is 4.34. The topological polar surface area (TPSA) is 79.0 Å². The molecule has 3 N–H and O–H groups in total. The third-order valence-corrected chi connectivity index (χ3v) is 3.40. The molecule has 0 saturated carbocycles. The minimum Gasteiger partial charge on any atom is -0.456 e. The van der Waals surface area contributed by atoms with Gasteiger partial charge in [-0.25, -0.2) is 9.78 Å². The highest BCUT2D eigenvalue weighted by atomic mass is 35.5. The molecule has 0 unspecified atom stereocenters. The van der Waals surface area contributed by atoms with Crippen LogP contribution in [0.2, 0.25) is 5.02 Å². The number of fused-ring (bicyclic) bond motifs is 1. The number of aromatic nitrogens is 2. The maximum atomic E-state index is 11.5. The molecule has 0 spiro atoms. The summed E-state index contributed by atoms with van der Waals surface area (Å²) in [4.78, 5) is 18.8. The monoisotopic (exact) mass is 330 g/mol. The van der Waals surface area contributed by atoms with Crippen LogP contribution in [0.5, 0.6) is 11.5 Å². The molecule has 2 aromatic carbocycles. The molecule has 0 aliphatic rings. The molecule has 0 bridgehead atoms. The Morgan fingerprint density at radius 2 is 2.13 bits per heavy atom. The van der Waals surface area contributed by atoms with E-state index in [1.807, 2.05) is 19.1 Å². The number of rotatable bonds is 4. The molecule has 1 heterocycles. The van der Waals surface area contributed by atoms with Gasteiger partial charge in [-0.05, 0) is 31.2 Å². The smallest absolute Gasteiger partial charge is 0.321 e. The predicted molar refractivity (Wildman–Crippen MR) is 90.3 cm³/mol. The fourth-order valence-corrected chi connectivity index (χ4v) is 2.25. The van der Waals surface area contributed by atoms with E-state index in [1.165, 1.54) is 0 Å². The molecule has 0 saturated heterocycles. The maximum absolute atomic E-state index is 11.5. The van der Waals surface area contributed by atoms with E-state index >= 15 is 0 Å². The lowest BCUT2D eigenvalue weighted by molar-refractivity contribution is 0.252. The van der Waals surface area contributed by atoms with Crippen molar-refractivity contribution in [2.24, 2.45) is 0 Å². The van der Waals surface area contributed by atoms with Crippen molar-refractivity contribution in [2.75, 3.05) is 11.9 Å². The van der Waals surface area contributed by atoms with Gasteiger partial charge in [-0.1, -0.05) is 23.7 Å². The van der Waals surface area contributed by atoms with Gasteiger partial charge >= 0.3 is 6.03 Å². The Bertz CT molecular complexity index is 847. The molecule has 0 fully saturated rings. The van der Waals surface area contributed by atoms with Crippen molar-refractivity contribution in [1.82, 2.24) is 15.3 Å². The lowest BCUT2D eigenvalue weighted by Crippen LogP contribution is -2.28. The number of halogens is 1. The third-order valence-electron chi connectivity index (χ3n) is 3.09. The standard InChI is InChI=1S/C16H15ClN4O2/c1-2-18-16(22)21-15-19-12-8-7-10(9-13(12)20-15)23-14-6-4-3-5-11(14)17/h3-9H,2H2,1H3,(H3,18,19,20,21,22). The molecule has 1 aromatic heterocycles. The van der Waals surface area contributed by atoms with Gasteiger partial charge in [0.2, 0.25) is 5.95 Å². The zero-order chi connectivity index (χ0) is 16.2. The van der Waals surface area contributed by atoms with E-state index in [1.54, 1.807) is 30.3 Å². The zero-order valence-corrected chi connectivity index (χ0v) is 13.1. The summed E-state index contributed by atoms with van der Waals surface area (Å²) in [5.41, 5.74) is 1.48. The fraction of sp³-hybridized carbons (Fsp3) is 0.125. The summed E-state index contributed by atoms with van der Waals surface area (Å²) in [7, 11) is 0. The number of nitrogens with one attached hydrogen (secondary N) is 3. The molecule has 3 aromatic rings. The second kappa shape index (κ2) is 6.58. The fourth-order valence-electron chi connectivity index (χ4n) is 2.08. The van der Waals surface area contributed by atoms with Gasteiger partial charge in [-0.2, -0.15) is 0 Å². The number of carbonyl (C=O) groups excluding carboxylic acids is 1. The van der Waals surface area contributed by atoms with Crippen molar-refractivity contribution >= 4 is 34.6 Å². The number of ether oxygens (including phenoxy) is 1. The highest BCUT2D eigenvalue weighted by Crippen LogP contribution is 2.30. The van der Waals surface area contributed by atoms with E-state index in [2.05, 4.69) is 20.6 Å². The molecule has 0 aliphatic heterocycles. The molecule has 23 heavy (non-hydrogen) atoms. The van der Waals surface area contributed by atoms with Gasteiger partial charge in [0.25, 0.3) is 0 Å². The van der Waals surface area contributed by atoms with Crippen LogP contribution in [0.4, 0.5) is 10.7 Å². The lowest BCUT2D eigenvalue weighted by Gasteiger charge is -2.06. The van der Waals surface area contributed by atoms with Crippen LogP contribution >= 0.6 is 11.6 Å². The largest absolute Gasteiger partial charge is 0.456 e. The Morgan fingerprint density at radius 3 is 2.91 bits per heavy atom. The number of H-pyrrole nitrogens is 1. The Balaban J connectivity index is 1.82. The average Bonchev–Trinajstić information content (AvgIpc) is 2.91. The zero-order valence-electron chi connectivity index (χ0n) is 12.4. The van der Waals surface area contributed by atoms with Crippen molar-refractivity contribution < 1.29 is 9.53 Å². The molecule has 0 atom stereocenters. The summed E-state index contributed by atoms with van der Waals surface area (Å²) >= 11 is 6.08. The van der Waals surface area contributed by atoms with Crippen LogP contribution in [0.25, 0.3) is 11.0 Å². The Labute approximate surface area is 137 Å².